The SMILES string of the molecule is O=C(O)c1cc(C(=O)N2CCO[C@@H](c3cccc(F)c3)C2)n(-c2ccccc2)n1. The Morgan fingerprint density at radius 1 is 1.10 bits per heavy atom. The topological polar surface area (TPSA) is 84.7 Å². The first-order chi connectivity index (χ1) is 14.0. The molecular formula is C21H18FN3O4. The van der Waals surface area contributed by atoms with Crippen molar-refractivity contribution >= 4 is 11.9 Å². The van der Waals surface area contributed by atoms with Gasteiger partial charge in [-0.1, -0.05) is 30.3 Å². The van der Waals surface area contributed by atoms with Crippen molar-refractivity contribution < 1.29 is 23.8 Å². The van der Waals surface area contributed by atoms with Crippen molar-refractivity contribution in [2.24, 2.45) is 0 Å². The minimum atomic E-state index is -1.21. The lowest BCUT2D eigenvalue weighted by molar-refractivity contribution is -0.0232. The molecule has 1 aliphatic rings. The Kier molecular flexibility index (Phi) is 5.09. The van der Waals surface area contributed by atoms with Crippen LogP contribution in [0.2, 0.25) is 0 Å². The summed E-state index contributed by atoms with van der Waals surface area (Å²) in [5.41, 5.74) is 1.16. The van der Waals surface area contributed by atoms with Crippen LogP contribution in [0.1, 0.15) is 32.6 Å². The van der Waals surface area contributed by atoms with Crippen molar-refractivity contribution in [1.82, 2.24) is 14.7 Å². The first-order valence-electron chi connectivity index (χ1n) is 9.08. The van der Waals surface area contributed by atoms with Crippen molar-refractivity contribution in [2.75, 3.05) is 19.7 Å². The summed E-state index contributed by atoms with van der Waals surface area (Å²) < 4.78 is 20.6. The highest BCUT2D eigenvalue weighted by atomic mass is 19.1. The van der Waals surface area contributed by atoms with E-state index in [-0.39, 0.29) is 36.3 Å². The molecule has 2 aromatic carbocycles. The third-order valence-corrected chi connectivity index (χ3v) is 4.72. The molecule has 2 heterocycles. The summed E-state index contributed by atoms with van der Waals surface area (Å²) in [6, 6.07) is 16.2. The van der Waals surface area contributed by atoms with Gasteiger partial charge in [-0.25, -0.2) is 13.9 Å². The van der Waals surface area contributed by atoms with Gasteiger partial charge in [-0.15, -0.1) is 0 Å². The Morgan fingerprint density at radius 3 is 2.62 bits per heavy atom. The van der Waals surface area contributed by atoms with Crippen LogP contribution in [-0.2, 0) is 4.74 Å². The highest BCUT2D eigenvalue weighted by Gasteiger charge is 2.29. The van der Waals surface area contributed by atoms with Crippen molar-refractivity contribution in [3.63, 3.8) is 0 Å². The zero-order chi connectivity index (χ0) is 20.4. The van der Waals surface area contributed by atoms with Crippen molar-refractivity contribution in [1.29, 1.82) is 0 Å². The van der Waals surface area contributed by atoms with E-state index >= 15 is 0 Å². The fourth-order valence-electron chi connectivity index (χ4n) is 3.31. The largest absolute Gasteiger partial charge is 0.476 e. The number of rotatable bonds is 4. The van der Waals surface area contributed by atoms with Gasteiger partial charge in [0.05, 0.1) is 18.8 Å². The number of amides is 1. The van der Waals surface area contributed by atoms with Crippen LogP contribution in [0.15, 0.2) is 60.7 Å². The summed E-state index contributed by atoms with van der Waals surface area (Å²) in [5, 5.41) is 13.4. The monoisotopic (exact) mass is 395 g/mol. The molecule has 4 rings (SSSR count). The zero-order valence-electron chi connectivity index (χ0n) is 15.4. The molecule has 1 aliphatic heterocycles. The number of hydrogen-bond donors (Lipinski definition) is 1. The number of benzene rings is 2. The maximum absolute atomic E-state index is 13.6. The molecule has 148 valence electrons. The smallest absolute Gasteiger partial charge is 0.356 e. The van der Waals surface area contributed by atoms with Crippen LogP contribution in [0, 0.1) is 5.82 Å². The predicted octanol–water partition coefficient (Wildman–Crippen LogP) is 2.92. The van der Waals surface area contributed by atoms with Crippen LogP contribution in [-0.4, -0.2) is 51.4 Å². The van der Waals surface area contributed by atoms with E-state index in [9.17, 15) is 19.1 Å². The maximum atomic E-state index is 13.6. The van der Waals surface area contributed by atoms with Gasteiger partial charge in [0, 0.05) is 12.6 Å². The molecule has 0 aliphatic carbocycles. The number of aromatic carboxylic acids is 1. The fourth-order valence-corrected chi connectivity index (χ4v) is 3.31. The van der Waals surface area contributed by atoms with Crippen LogP contribution in [0.25, 0.3) is 5.69 Å². The predicted molar refractivity (Wildman–Crippen MR) is 102 cm³/mol. The van der Waals surface area contributed by atoms with Crippen molar-refractivity contribution in [3.8, 4) is 5.69 Å². The number of carboxylic acid groups (broad SMARTS) is 1. The average molecular weight is 395 g/mol. The van der Waals surface area contributed by atoms with Crippen LogP contribution in [0.3, 0.4) is 0 Å². The third-order valence-electron chi connectivity index (χ3n) is 4.72. The summed E-state index contributed by atoms with van der Waals surface area (Å²) in [6.45, 7) is 0.857. The van der Waals surface area contributed by atoms with E-state index in [2.05, 4.69) is 5.10 Å². The number of aromatic nitrogens is 2. The number of para-hydroxylation sites is 1. The number of nitrogens with zero attached hydrogens (tertiary/aromatic N) is 3. The minimum Gasteiger partial charge on any atom is -0.476 e. The summed E-state index contributed by atoms with van der Waals surface area (Å²) in [6.07, 6.45) is -0.463. The number of ether oxygens (including phenoxy) is 1. The summed E-state index contributed by atoms with van der Waals surface area (Å²) >= 11 is 0. The van der Waals surface area contributed by atoms with Gasteiger partial charge in [-0.2, -0.15) is 5.10 Å². The molecule has 3 aromatic rings. The number of morpholine rings is 1. The first-order valence-corrected chi connectivity index (χ1v) is 9.08. The molecule has 0 bridgehead atoms. The van der Waals surface area contributed by atoms with Gasteiger partial charge < -0.3 is 14.7 Å². The van der Waals surface area contributed by atoms with Gasteiger partial charge in [0.15, 0.2) is 5.69 Å². The number of carboxylic acids is 1. The molecule has 1 saturated heterocycles. The molecule has 1 N–H and O–H groups in total. The van der Waals surface area contributed by atoms with Crippen LogP contribution in [0.5, 0.6) is 0 Å². The van der Waals surface area contributed by atoms with Gasteiger partial charge in [-0.05, 0) is 29.8 Å². The van der Waals surface area contributed by atoms with Crippen LogP contribution >= 0.6 is 0 Å². The molecule has 1 amide bonds. The second kappa shape index (κ2) is 7.84. The highest BCUT2D eigenvalue weighted by molar-refractivity contribution is 5.96. The molecule has 0 unspecified atom stereocenters. The molecule has 8 heteroatoms. The third kappa shape index (κ3) is 3.88. The second-order valence-corrected chi connectivity index (χ2v) is 6.63. The summed E-state index contributed by atoms with van der Waals surface area (Å²) in [4.78, 5) is 26.2. The Morgan fingerprint density at radius 2 is 1.90 bits per heavy atom. The first kappa shape index (κ1) is 18.8. The Labute approximate surface area is 165 Å². The standard InChI is InChI=1S/C21H18FN3O4/c22-15-6-4-5-14(11-15)19-13-24(9-10-29-19)20(26)18-12-17(21(27)28)23-25(18)16-7-2-1-3-8-16/h1-8,11-12,19H,9-10,13H2,(H,27,28)/t19-/m1/s1. The number of hydrogen-bond acceptors (Lipinski definition) is 4. The average Bonchev–Trinajstić information content (AvgIpc) is 3.20. The number of carbonyl (C=O) groups excluding carboxylic acids is 1. The van der Waals surface area contributed by atoms with E-state index in [1.165, 1.54) is 22.9 Å². The molecule has 1 aromatic heterocycles. The number of halogens is 1. The second-order valence-electron chi connectivity index (χ2n) is 6.63. The van der Waals surface area contributed by atoms with E-state index in [1.807, 2.05) is 6.07 Å². The normalized spacial score (nSPS) is 16.6. The lowest BCUT2D eigenvalue weighted by Gasteiger charge is -2.33. The molecule has 1 atom stereocenters. The van der Waals surface area contributed by atoms with E-state index in [1.54, 1.807) is 41.3 Å². The minimum absolute atomic E-state index is 0.147. The molecule has 29 heavy (non-hydrogen) atoms. The van der Waals surface area contributed by atoms with E-state index in [0.29, 0.717) is 17.8 Å². The van der Waals surface area contributed by atoms with Gasteiger partial charge in [0.25, 0.3) is 5.91 Å². The van der Waals surface area contributed by atoms with Crippen molar-refractivity contribution in [3.05, 3.63) is 83.4 Å². The van der Waals surface area contributed by atoms with Crippen LogP contribution < -0.4 is 0 Å². The van der Waals surface area contributed by atoms with E-state index in [4.69, 9.17) is 4.74 Å². The quantitative estimate of drug-likeness (QED) is 0.734. The van der Waals surface area contributed by atoms with Gasteiger partial charge >= 0.3 is 5.97 Å². The molecular weight excluding hydrogens is 377 g/mol. The van der Waals surface area contributed by atoms with E-state index in [0.717, 1.165) is 0 Å². The lowest BCUT2D eigenvalue weighted by atomic mass is 10.1. The Balaban J connectivity index is 1.64. The zero-order valence-corrected chi connectivity index (χ0v) is 15.4. The molecule has 0 spiro atoms. The molecule has 0 saturated carbocycles. The van der Waals surface area contributed by atoms with E-state index < -0.39 is 12.1 Å². The fraction of sp³-hybridized carbons (Fsp3) is 0.190. The lowest BCUT2D eigenvalue weighted by Crippen LogP contribution is -2.43. The Bertz CT molecular complexity index is 1050. The van der Waals surface area contributed by atoms with Crippen LogP contribution in [0.4, 0.5) is 4.39 Å². The van der Waals surface area contributed by atoms with Gasteiger partial charge in [0.2, 0.25) is 0 Å². The summed E-state index contributed by atoms with van der Waals surface area (Å²) in [5.74, 6) is -1.95. The maximum Gasteiger partial charge on any atom is 0.356 e. The van der Waals surface area contributed by atoms with Gasteiger partial charge in [-0.3, -0.25) is 4.79 Å². The molecule has 0 radical (unpaired) electrons. The molecule has 1 fully saturated rings. The summed E-state index contributed by atoms with van der Waals surface area (Å²) in [7, 11) is 0. The Hall–Kier alpha value is -3.52. The number of carbonyl (C=O) groups is 2. The highest BCUT2D eigenvalue weighted by Crippen LogP contribution is 2.24. The van der Waals surface area contributed by atoms with Crippen molar-refractivity contribution in [2.45, 2.75) is 6.10 Å². The van der Waals surface area contributed by atoms with Gasteiger partial charge in [0.1, 0.15) is 17.6 Å². The molecule has 7 nitrogen and oxygen atoms in total.